The maximum Gasteiger partial charge on any atom is 0.416 e. The fourth-order valence-corrected chi connectivity index (χ4v) is 4.75. The SMILES string of the molecule is COC(=O)Cc1cccc(Oc2ccc(Br)cc2CN2C(=O)O[C@H](c3cc(C(F)(F)F)cc(C(F)(F)F)c3)[C@@H]2C)c1. The Morgan fingerprint density at radius 1 is 0.976 bits per heavy atom. The molecule has 0 aromatic heterocycles. The molecule has 1 aliphatic heterocycles. The van der Waals surface area contributed by atoms with Crippen molar-refractivity contribution in [2.24, 2.45) is 0 Å². The highest BCUT2D eigenvalue weighted by molar-refractivity contribution is 9.10. The van der Waals surface area contributed by atoms with Crippen molar-refractivity contribution < 1.29 is 50.1 Å². The van der Waals surface area contributed by atoms with Crippen molar-refractivity contribution in [1.29, 1.82) is 0 Å². The van der Waals surface area contributed by atoms with E-state index < -0.39 is 53.3 Å². The monoisotopic (exact) mass is 645 g/mol. The Kier molecular flexibility index (Phi) is 8.57. The van der Waals surface area contributed by atoms with Gasteiger partial charge in [-0.1, -0.05) is 28.1 Å². The van der Waals surface area contributed by atoms with Crippen LogP contribution in [-0.4, -0.2) is 30.1 Å². The third kappa shape index (κ3) is 7.13. The van der Waals surface area contributed by atoms with Gasteiger partial charge in [-0.25, -0.2) is 4.79 Å². The molecule has 3 aromatic carbocycles. The van der Waals surface area contributed by atoms with Crippen molar-refractivity contribution in [2.75, 3.05) is 7.11 Å². The predicted molar refractivity (Wildman–Crippen MR) is 137 cm³/mol. The molecule has 1 aliphatic rings. The summed E-state index contributed by atoms with van der Waals surface area (Å²) in [5, 5.41) is 0. The lowest BCUT2D eigenvalue weighted by atomic mass is 9.97. The summed E-state index contributed by atoms with van der Waals surface area (Å²) in [6.45, 7) is 1.34. The highest BCUT2D eigenvalue weighted by Gasteiger charge is 2.43. The molecule has 41 heavy (non-hydrogen) atoms. The molecule has 0 bridgehead atoms. The molecule has 2 atom stereocenters. The van der Waals surface area contributed by atoms with Crippen LogP contribution in [0.4, 0.5) is 31.1 Å². The number of methoxy groups -OCH3 is 1. The number of carbonyl (C=O) groups excluding carboxylic acids is 2. The molecule has 0 saturated carbocycles. The highest BCUT2D eigenvalue weighted by atomic mass is 79.9. The number of halogens is 7. The summed E-state index contributed by atoms with van der Waals surface area (Å²) < 4.78 is 97.0. The van der Waals surface area contributed by atoms with Gasteiger partial charge in [0.25, 0.3) is 0 Å². The molecule has 6 nitrogen and oxygen atoms in total. The quantitative estimate of drug-likeness (QED) is 0.192. The molecule has 0 aliphatic carbocycles. The second-order valence-corrected chi connectivity index (χ2v) is 10.2. The maximum absolute atomic E-state index is 13.4. The van der Waals surface area contributed by atoms with Gasteiger partial charge < -0.3 is 14.2 Å². The normalized spacial score (nSPS) is 17.4. The zero-order valence-corrected chi connectivity index (χ0v) is 23.1. The Bertz CT molecular complexity index is 1430. The standard InChI is InChI=1S/C28H22BrF6NO5/c1-15-25(17-10-19(27(30,31)32)13-20(11-17)28(33,34)35)41-26(38)36(15)14-18-12-21(29)6-7-23(18)40-22-5-3-4-16(8-22)9-24(37)39-2/h3-8,10-13,15,25H,9,14H2,1-2H3/t15-,25-/m0/s1. The summed E-state index contributed by atoms with van der Waals surface area (Å²) in [5.41, 5.74) is -2.32. The van der Waals surface area contributed by atoms with Gasteiger partial charge in [0, 0.05) is 10.0 Å². The van der Waals surface area contributed by atoms with E-state index in [0.717, 1.165) is 0 Å². The number of carbonyl (C=O) groups is 2. The van der Waals surface area contributed by atoms with Gasteiger partial charge >= 0.3 is 24.4 Å². The van der Waals surface area contributed by atoms with Crippen LogP contribution in [0.1, 0.15) is 40.8 Å². The van der Waals surface area contributed by atoms with E-state index in [1.54, 1.807) is 42.5 Å². The third-order valence-electron chi connectivity index (χ3n) is 6.40. The summed E-state index contributed by atoms with van der Waals surface area (Å²) in [6, 6.07) is 11.9. The number of cyclic esters (lactones) is 1. The lowest BCUT2D eigenvalue weighted by molar-refractivity contribution is -0.143. The minimum atomic E-state index is -5.04. The van der Waals surface area contributed by atoms with Gasteiger partial charge in [0.15, 0.2) is 0 Å². The lowest BCUT2D eigenvalue weighted by Gasteiger charge is -2.23. The van der Waals surface area contributed by atoms with E-state index in [1.165, 1.54) is 18.9 Å². The summed E-state index contributed by atoms with van der Waals surface area (Å²) >= 11 is 3.35. The summed E-state index contributed by atoms with van der Waals surface area (Å²) in [5.74, 6) is 0.268. The van der Waals surface area contributed by atoms with Gasteiger partial charge in [0.1, 0.15) is 17.6 Å². The van der Waals surface area contributed by atoms with Crippen LogP contribution in [0, 0.1) is 0 Å². The molecule has 0 N–H and O–H groups in total. The minimum absolute atomic E-state index is 0.0189. The van der Waals surface area contributed by atoms with Crippen molar-refractivity contribution in [3.63, 3.8) is 0 Å². The topological polar surface area (TPSA) is 65.1 Å². The smallest absolute Gasteiger partial charge is 0.416 e. The molecule has 3 aromatic rings. The summed E-state index contributed by atoms with van der Waals surface area (Å²) in [7, 11) is 1.27. The largest absolute Gasteiger partial charge is 0.469 e. The molecule has 1 saturated heterocycles. The number of esters is 1. The Morgan fingerprint density at radius 3 is 2.24 bits per heavy atom. The molecule has 4 rings (SSSR count). The Hall–Kier alpha value is -3.74. The van der Waals surface area contributed by atoms with Crippen molar-refractivity contribution >= 4 is 28.0 Å². The average Bonchev–Trinajstić information content (AvgIpc) is 3.17. The van der Waals surface area contributed by atoms with Crippen LogP contribution in [0.15, 0.2) is 65.1 Å². The van der Waals surface area contributed by atoms with Crippen molar-refractivity contribution in [2.45, 2.75) is 44.4 Å². The van der Waals surface area contributed by atoms with E-state index in [-0.39, 0.29) is 19.0 Å². The zero-order valence-electron chi connectivity index (χ0n) is 21.5. The number of hydrogen-bond donors (Lipinski definition) is 0. The van der Waals surface area contributed by atoms with Crippen LogP contribution in [-0.2, 0) is 39.6 Å². The Balaban J connectivity index is 1.61. The first kappa shape index (κ1) is 30.2. The van der Waals surface area contributed by atoms with Crippen molar-refractivity contribution in [1.82, 2.24) is 4.90 Å². The number of amides is 1. The van der Waals surface area contributed by atoms with Gasteiger partial charge in [-0.15, -0.1) is 0 Å². The third-order valence-corrected chi connectivity index (χ3v) is 6.89. The Labute approximate surface area is 238 Å². The molecular weight excluding hydrogens is 624 g/mol. The number of hydrogen-bond acceptors (Lipinski definition) is 5. The molecule has 1 fully saturated rings. The molecule has 1 heterocycles. The van der Waals surface area contributed by atoms with Crippen molar-refractivity contribution in [3.8, 4) is 11.5 Å². The number of nitrogens with zero attached hydrogens (tertiary/aromatic N) is 1. The lowest BCUT2D eigenvalue weighted by Crippen LogP contribution is -2.31. The first-order valence-electron chi connectivity index (χ1n) is 12.0. The molecule has 218 valence electrons. The van der Waals surface area contributed by atoms with Gasteiger partial charge in [0.2, 0.25) is 0 Å². The second-order valence-electron chi connectivity index (χ2n) is 9.27. The fraction of sp³-hybridized carbons (Fsp3) is 0.286. The maximum atomic E-state index is 13.4. The van der Waals surface area contributed by atoms with Crippen LogP contribution >= 0.6 is 15.9 Å². The van der Waals surface area contributed by atoms with Crippen LogP contribution < -0.4 is 4.74 Å². The van der Waals surface area contributed by atoms with E-state index >= 15 is 0 Å². The average molecular weight is 646 g/mol. The molecular formula is C28H22BrF6NO5. The first-order chi connectivity index (χ1) is 19.2. The van der Waals surface area contributed by atoms with Gasteiger partial charge in [-0.2, -0.15) is 26.3 Å². The van der Waals surface area contributed by atoms with Gasteiger partial charge in [-0.3, -0.25) is 9.69 Å². The number of alkyl halides is 6. The van der Waals surface area contributed by atoms with E-state index in [2.05, 4.69) is 20.7 Å². The molecule has 0 radical (unpaired) electrons. The minimum Gasteiger partial charge on any atom is -0.469 e. The molecule has 0 spiro atoms. The van der Waals surface area contributed by atoms with E-state index in [1.807, 2.05) is 0 Å². The Morgan fingerprint density at radius 2 is 1.63 bits per heavy atom. The molecule has 1 amide bonds. The highest BCUT2D eigenvalue weighted by Crippen LogP contribution is 2.41. The summed E-state index contributed by atoms with van der Waals surface area (Å²) in [6.07, 6.45) is -12.4. The zero-order chi connectivity index (χ0) is 30.1. The van der Waals surface area contributed by atoms with Gasteiger partial charge in [0.05, 0.1) is 37.2 Å². The van der Waals surface area contributed by atoms with E-state index in [0.29, 0.717) is 39.2 Å². The van der Waals surface area contributed by atoms with Crippen molar-refractivity contribution in [3.05, 3.63) is 93.0 Å². The van der Waals surface area contributed by atoms with E-state index in [4.69, 9.17) is 9.47 Å². The predicted octanol–water partition coefficient (Wildman–Crippen LogP) is 8.08. The molecule has 0 unspecified atom stereocenters. The number of benzene rings is 3. The van der Waals surface area contributed by atoms with Crippen LogP contribution in [0.5, 0.6) is 11.5 Å². The van der Waals surface area contributed by atoms with Crippen LogP contribution in [0.2, 0.25) is 0 Å². The van der Waals surface area contributed by atoms with E-state index in [9.17, 15) is 35.9 Å². The first-order valence-corrected chi connectivity index (χ1v) is 12.8. The second kappa shape index (κ2) is 11.6. The number of rotatable bonds is 7. The van der Waals surface area contributed by atoms with Crippen LogP contribution in [0.25, 0.3) is 0 Å². The summed E-state index contributed by atoms with van der Waals surface area (Å²) in [4.78, 5) is 25.7. The number of ether oxygens (including phenoxy) is 3. The molecule has 13 heteroatoms. The fourth-order valence-electron chi connectivity index (χ4n) is 4.34. The van der Waals surface area contributed by atoms with Crippen LogP contribution in [0.3, 0.4) is 0 Å². The van der Waals surface area contributed by atoms with Gasteiger partial charge in [-0.05, 0) is 66.6 Å².